The van der Waals surface area contributed by atoms with Crippen molar-refractivity contribution in [3.05, 3.63) is 57.6 Å². The van der Waals surface area contributed by atoms with Crippen LogP contribution in [0.1, 0.15) is 85.8 Å². The molecule has 2 aromatic rings. The zero-order chi connectivity index (χ0) is 20.5. The first-order valence-electron chi connectivity index (χ1n) is 9.38. The molecule has 0 radical (unpaired) electrons. The van der Waals surface area contributed by atoms with Crippen LogP contribution in [0.25, 0.3) is 0 Å². The fourth-order valence-corrected chi connectivity index (χ4v) is 3.87. The highest BCUT2D eigenvalue weighted by Crippen LogP contribution is 2.40. The van der Waals surface area contributed by atoms with Crippen LogP contribution in [0.2, 0.25) is 0 Å². The third kappa shape index (κ3) is 4.71. The zero-order valence-electron chi connectivity index (χ0n) is 17.3. The highest BCUT2D eigenvalue weighted by atomic mass is 32.2. The van der Waals surface area contributed by atoms with E-state index in [9.17, 15) is 13.9 Å². The molecule has 0 saturated carbocycles. The molecule has 0 aromatic heterocycles. The maximum Gasteiger partial charge on any atom is 0.259 e. The van der Waals surface area contributed by atoms with Crippen molar-refractivity contribution in [3.63, 3.8) is 0 Å². The van der Waals surface area contributed by atoms with E-state index < -0.39 is 11.3 Å². The van der Waals surface area contributed by atoms with Crippen LogP contribution in [0, 0.1) is 13.8 Å². The molecule has 0 heterocycles. The molecule has 2 unspecified atom stereocenters. The van der Waals surface area contributed by atoms with Crippen LogP contribution in [0.15, 0.2) is 24.3 Å². The molecule has 3 N–H and O–H groups in total. The van der Waals surface area contributed by atoms with E-state index in [2.05, 4.69) is 57.5 Å². The minimum absolute atomic E-state index is 0.0428. The van der Waals surface area contributed by atoms with Crippen molar-refractivity contribution >= 4 is 17.0 Å². The third-order valence-corrected chi connectivity index (χ3v) is 5.64. The molecule has 4 nitrogen and oxygen atoms in total. The second kappa shape index (κ2) is 8.44. The SMILES string of the molecule is Cc1cc(NS(=O)O)c(C(C)c2cc(C(C)C)cc(C(C)C)c2)c(C)c1O. The van der Waals surface area contributed by atoms with Gasteiger partial charge >= 0.3 is 0 Å². The molecular weight excluding hydrogens is 358 g/mol. The minimum atomic E-state index is -2.18. The predicted molar refractivity (Wildman–Crippen MR) is 114 cm³/mol. The van der Waals surface area contributed by atoms with Gasteiger partial charge in [0.25, 0.3) is 11.3 Å². The number of anilines is 1. The van der Waals surface area contributed by atoms with Crippen LogP contribution in [-0.2, 0) is 11.3 Å². The normalized spacial score (nSPS) is 13.9. The summed E-state index contributed by atoms with van der Waals surface area (Å²) >= 11 is -2.18. The number of phenolic OH excluding ortho intramolecular Hbond substituents is 1. The average molecular weight is 390 g/mol. The predicted octanol–water partition coefficient (Wildman–Crippen LogP) is 5.96. The molecule has 0 spiro atoms. The van der Waals surface area contributed by atoms with Gasteiger partial charge in [-0.25, -0.2) is 4.21 Å². The molecule has 0 aliphatic heterocycles. The maximum absolute atomic E-state index is 11.4. The zero-order valence-corrected chi connectivity index (χ0v) is 18.1. The summed E-state index contributed by atoms with van der Waals surface area (Å²) in [7, 11) is 0. The second-order valence-electron chi connectivity index (χ2n) is 7.94. The molecule has 0 fully saturated rings. The van der Waals surface area contributed by atoms with Crippen LogP contribution in [0.5, 0.6) is 5.75 Å². The first kappa shape index (κ1) is 21.5. The summed E-state index contributed by atoms with van der Waals surface area (Å²) in [5, 5.41) is 10.5. The number of phenols is 1. The van der Waals surface area contributed by atoms with Crippen molar-refractivity contribution < 1.29 is 13.9 Å². The summed E-state index contributed by atoms with van der Waals surface area (Å²) in [5.41, 5.74) is 6.53. The summed E-state index contributed by atoms with van der Waals surface area (Å²) in [6, 6.07) is 8.40. The van der Waals surface area contributed by atoms with E-state index in [0.29, 0.717) is 23.1 Å². The molecule has 5 heteroatoms. The Morgan fingerprint density at radius 2 is 1.37 bits per heavy atom. The Bertz CT molecular complexity index is 833. The van der Waals surface area contributed by atoms with E-state index in [0.717, 1.165) is 16.7 Å². The lowest BCUT2D eigenvalue weighted by Crippen LogP contribution is -2.10. The number of aryl methyl sites for hydroxylation is 1. The van der Waals surface area contributed by atoms with E-state index in [1.807, 2.05) is 6.92 Å². The van der Waals surface area contributed by atoms with Crippen molar-refractivity contribution in [2.45, 2.75) is 66.2 Å². The lowest BCUT2D eigenvalue weighted by molar-refractivity contribution is 0.465. The molecular formula is C22H31NO3S. The highest BCUT2D eigenvalue weighted by Gasteiger charge is 2.21. The number of hydrogen-bond acceptors (Lipinski definition) is 2. The quantitative estimate of drug-likeness (QED) is 0.422. The Kier molecular flexibility index (Phi) is 6.71. The van der Waals surface area contributed by atoms with Gasteiger partial charge in [-0.15, -0.1) is 0 Å². The van der Waals surface area contributed by atoms with Crippen LogP contribution < -0.4 is 4.72 Å². The Hall–Kier alpha value is -1.85. The van der Waals surface area contributed by atoms with Gasteiger partial charge in [0, 0.05) is 5.92 Å². The summed E-state index contributed by atoms with van der Waals surface area (Å²) in [6.45, 7) is 14.4. The van der Waals surface area contributed by atoms with Crippen LogP contribution >= 0.6 is 0 Å². The lowest BCUT2D eigenvalue weighted by Gasteiger charge is -2.23. The van der Waals surface area contributed by atoms with Crippen molar-refractivity contribution in [2.75, 3.05) is 4.72 Å². The van der Waals surface area contributed by atoms with Crippen molar-refractivity contribution in [3.8, 4) is 5.75 Å². The Morgan fingerprint density at radius 3 is 1.81 bits per heavy atom. The number of hydrogen-bond donors (Lipinski definition) is 3. The molecule has 0 bridgehead atoms. The Morgan fingerprint density at radius 1 is 0.889 bits per heavy atom. The highest BCUT2D eigenvalue weighted by molar-refractivity contribution is 7.80. The van der Waals surface area contributed by atoms with Gasteiger partial charge < -0.3 is 5.11 Å². The number of rotatable bonds is 6. The minimum Gasteiger partial charge on any atom is -0.507 e. The molecule has 0 aliphatic rings. The van der Waals surface area contributed by atoms with E-state index in [-0.39, 0.29) is 11.7 Å². The molecule has 0 saturated heterocycles. The summed E-state index contributed by atoms with van der Waals surface area (Å²) in [6.07, 6.45) is 0. The first-order valence-corrected chi connectivity index (χ1v) is 10.5. The van der Waals surface area contributed by atoms with Crippen molar-refractivity contribution in [1.29, 1.82) is 0 Å². The van der Waals surface area contributed by atoms with E-state index in [4.69, 9.17) is 0 Å². The summed E-state index contributed by atoms with van der Waals surface area (Å²) in [5.74, 6) is 1.00. The van der Waals surface area contributed by atoms with E-state index in [1.54, 1.807) is 13.0 Å². The first-order chi connectivity index (χ1) is 12.5. The Labute approximate surface area is 165 Å². The molecule has 2 atom stereocenters. The molecule has 27 heavy (non-hydrogen) atoms. The Balaban J connectivity index is 2.68. The molecule has 2 rings (SSSR count). The van der Waals surface area contributed by atoms with Crippen molar-refractivity contribution in [1.82, 2.24) is 0 Å². The fraction of sp³-hybridized carbons (Fsp3) is 0.455. The van der Waals surface area contributed by atoms with Gasteiger partial charge in [0.1, 0.15) is 5.75 Å². The van der Waals surface area contributed by atoms with Gasteiger partial charge in [-0.1, -0.05) is 52.8 Å². The van der Waals surface area contributed by atoms with Gasteiger partial charge in [0.2, 0.25) is 0 Å². The van der Waals surface area contributed by atoms with Gasteiger partial charge in [-0.05, 0) is 65.1 Å². The van der Waals surface area contributed by atoms with E-state index in [1.165, 1.54) is 11.1 Å². The largest absolute Gasteiger partial charge is 0.507 e. The lowest BCUT2D eigenvalue weighted by atomic mass is 9.83. The number of nitrogens with one attached hydrogen (secondary N) is 1. The van der Waals surface area contributed by atoms with Crippen molar-refractivity contribution in [2.24, 2.45) is 0 Å². The summed E-state index contributed by atoms with van der Waals surface area (Å²) < 4.78 is 23.4. The number of benzene rings is 2. The fourth-order valence-electron chi connectivity index (χ4n) is 3.51. The summed E-state index contributed by atoms with van der Waals surface area (Å²) in [4.78, 5) is 0. The molecule has 2 aromatic carbocycles. The third-order valence-electron chi connectivity index (χ3n) is 5.25. The average Bonchev–Trinajstić information content (AvgIpc) is 2.58. The van der Waals surface area contributed by atoms with Gasteiger partial charge in [-0.3, -0.25) is 9.27 Å². The second-order valence-corrected chi connectivity index (χ2v) is 8.65. The monoisotopic (exact) mass is 389 g/mol. The van der Waals surface area contributed by atoms with Crippen LogP contribution in [0.4, 0.5) is 5.69 Å². The van der Waals surface area contributed by atoms with Crippen LogP contribution in [-0.4, -0.2) is 13.9 Å². The number of aromatic hydroxyl groups is 1. The molecule has 148 valence electrons. The smallest absolute Gasteiger partial charge is 0.259 e. The van der Waals surface area contributed by atoms with Crippen LogP contribution in [0.3, 0.4) is 0 Å². The standard InChI is InChI=1S/C22H31NO3S/c1-12(2)17-9-18(13(3)4)11-19(10-17)15(6)21-16(7)22(24)14(5)8-20(21)23-27(25)26/h8-13,15,23-24H,1-7H3,(H,25,26). The molecule has 0 amide bonds. The van der Waals surface area contributed by atoms with E-state index >= 15 is 0 Å². The van der Waals surface area contributed by atoms with Gasteiger partial charge in [0.05, 0.1) is 5.69 Å². The molecule has 0 aliphatic carbocycles. The maximum atomic E-state index is 11.4. The van der Waals surface area contributed by atoms with Gasteiger partial charge in [0.15, 0.2) is 0 Å². The topological polar surface area (TPSA) is 69.6 Å². The van der Waals surface area contributed by atoms with Gasteiger partial charge in [-0.2, -0.15) is 0 Å².